The van der Waals surface area contributed by atoms with Crippen molar-refractivity contribution in [3.8, 4) is 0 Å². The van der Waals surface area contributed by atoms with Crippen molar-refractivity contribution in [1.82, 2.24) is 4.72 Å². The van der Waals surface area contributed by atoms with Crippen LogP contribution in [0.15, 0.2) is 9.39 Å². The summed E-state index contributed by atoms with van der Waals surface area (Å²) in [6.45, 7) is 0. The van der Waals surface area contributed by atoms with Crippen molar-refractivity contribution in [3.05, 3.63) is 0 Å². The Hall–Kier alpha value is -0.910. The summed E-state index contributed by atoms with van der Waals surface area (Å²) in [6.07, 6.45) is 0. The van der Waals surface area contributed by atoms with Gasteiger partial charge in [0, 0.05) is 0 Å². The molecule has 1 rings (SSSR count). The van der Waals surface area contributed by atoms with Crippen LogP contribution < -0.4 is 16.2 Å². The van der Waals surface area contributed by atoms with Crippen molar-refractivity contribution >= 4 is 24.1 Å². The van der Waals surface area contributed by atoms with Gasteiger partial charge in [-0.05, 0) is 0 Å². The van der Waals surface area contributed by atoms with E-state index in [1.54, 1.807) is 0 Å². The number of nitrogens with one attached hydrogen (secondary N) is 1. The summed E-state index contributed by atoms with van der Waals surface area (Å²) in [5.41, 5.74) is 10.3. The third-order valence-corrected chi connectivity index (χ3v) is 1.10. The fraction of sp³-hybridized carbons (Fsp3) is 0. The first-order chi connectivity index (χ1) is 3.79. The first-order valence-electron chi connectivity index (χ1n) is 1.88. The third kappa shape index (κ3) is 1.03. The molecule has 0 saturated carbocycles. The summed E-state index contributed by atoms with van der Waals surface area (Å²) in [5.74, 6) is 0.494. The fourth-order valence-corrected chi connectivity index (χ4v) is 0.602. The minimum atomic E-state index is 0.200. The van der Waals surface area contributed by atoms with E-state index in [2.05, 4.69) is 14.1 Å². The second-order valence-electron chi connectivity index (χ2n) is 1.14. The second kappa shape index (κ2) is 1.91. The molecule has 0 spiro atoms. The molecule has 0 aromatic carbocycles. The number of hydrogen-bond donors (Lipinski definition) is 3. The van der Waals surface area contributed by atoms with Gasteiger partial charge in [-0.1, -0.05) is 0 Å². The zero-order valence-electron chi connectivity index (χ0n) is 3.96. The van der Waals surface area contributed by atoms with Crippen LogP contribution in [0.25, 0.3) is 0 Å². The van der Waals surface area contributed by atoms with Gasteiger partial charge in [-0.3, -0.25) is 4.72 Å². The van der Waals surface area contributed by atoms with Gasteiger partial charge < -0.3 is 11.5 Å². The Bertz CT molecular complexity index is 149. The van der Waals surface area contributed by atoms with Crippen LogP contribution in [-0.4, -0.2) is 11.9 Å². The molecule has 8 heavy (non-hydrogen) atoms. The standard InChI is InChI=1S/C2H5N5S/c3-1-5-2(4)7-8-6-1/h(H5,3,4,5,6,7). The van der Waals surface area contributed by atoms with Crippen LogP contribution in [0.5, 0.6) is 0 Å². The lowest BCUT2D eigenvalue weighted by Crippen LogP contribution is -2.31. The average molecular weight is 131 g/mol. The van der Waals surface area contributed by atoms with Crippen molar-refractivity contribution in [2.45, 2.75) is 0 Å². The van der Waals surface area contributed by atoms with Gasteiger partial charge in [0.25, 0.3) is 0 Å². The van der Waals surface area contributed by atoms with Crippen LogP contribution >= 0.6 is 12.1 Å². The van der Waals surface area contributed by atoms with Crippen molar-refractivity contribution in [3.63, 3.8) is 0 Å². The Morgan fingerprint density at radius 3 is 2.62 bits per heavy atom. The Kier molecular flexibility index (Phi) is 1.25. The Morgan fingerprint density at radius 1 is 1.50 bits per heavy atom. The van der Waals surface area contributed by atoms with E-state index in [9.17, 15) is 0 Å². The van der Waals surface area contributed by atoms with Crippen molar-refractivity contribution in [1.29, 1.82) is 0 Å². The van der Waals surface area contributed by atoms with Gasteiger partial charge in [-0.15, -0.1) is 0 Å². The van der Waals surface area contributed by atoms with E-state index < -0.39 is 0 Å². The topological polar surface area (TPSA) is 88.8 Å². The van der Waals surface area contributed by atoms with E-state index in [4.69, 9.17) is 11.5 Å². The number of rotatable bonds is 0. The monoisotopic (exact) mass is 131 g/mol. The predicted molar refractivity (Wildman–Crippen MR) is 34.0 cm³/mol. The molecule has 0 saturated heterocycles. The van der Waals surface area contributed by atoms with E-state index >= 15 is 0 Å². The molecule has 6 heteroatoms. The van der Waals surface area contributed by atoms with Crippen LogP contribution in [0.1, 0.15) is 0 Å². The summed E-state index contributed by atoms with van der Waals surface area (Å²) in [6, 6.07) is 0. The Morgan fingerprint density at radius 2 is 2.25 bits per heavy atom. The van der Waals surface area contributed by atoms with E-state index in [1.165, 1.54) is 0 Å². The molecular formula is C2H5N5S. The van der Waals surface area contributed by atoms with Gasteiger partial charge >= 0.3 is 0 Å². The zero-order valence-corrected chi connectivity index (χ0v) is 4.77. The lowest BCUT2D eigenvalue weighted by Gasteiger charge is -2.03. The highest BCUT2D eigenvalue weighted by molar-refractivity contribution is 7.96. The quantitative estimate of drug-likeness (QED) is 0.359. The normalized spacial score (nSPS) is 18.5. The maximum Gasteiger partial charge on any atom is 0.231 e. The molecule has 1 aliphatic rings. The van der Waals surface area contributed by atoms with E-state index in [-0.39, 0.29) is 5.96 Å². The highest BCUT2D eigenvalue weighted by Gasteiger charge is 1.98. The average Bonchev–Trinajstić information content (AvgIpc) is 1.64. The minimum Gasteiger partial charge on any atom is -0.369 e. The Balaban J connectivity index is 2.69. The molecule has 0 unspecified atom stereocenters. The van der Waals surface area contributed by atoms with Crippen molar-refractivity contribution < 1.29 is 0 Å². The van der Waals surface area contributed by atoms with Crippen molar-refractivity contribution in [2.75, 3.05) is 0 Å². The molecule has 1 heterocycles. The smallest absolute Gasteiger partial charge is 0.231 e. The zero-order chi connectivity index (χ0) is 5.98. The number of aliphatic imine (C=N–C) groups is 1. The maximum absolute atomic E-state index is 5.18. The number of hydrogen-bond acceptors (Lipinski definition) is 6. The van der Waals surface area contributed by atoms with E-state index in [0.717, 1.165) is 12.1 Å². The first-order valence-corrected chi connectivity index (χ1v) is 2.66. The van der Waals surface area contributed by atoms with Crippen molar-refractivity contribution in [2.24, 2.45) is 20.9 Å². The molecule has 0 amide bonds. The first kappa shape index (κ1) is 5.23. The SMILES string of the molecule is NC1=NSNC(N)=N1. The highest BCUT2D eigenvalue weighted by atomic mass is 32.2. The molecule has 44 valence electrons. The molecule has 0 aliphatic carbocycles. The molecule has 0 bridgehead atoms. The second-order valence-corrected chi connectivity index (χ2v) is 1.71. The van der Waals surface area contributed by atoms with Gasteiger partial charge in [0.05, 0.1) is 12.1 Å². The minimum absolute atomic E-state index is 0.200. The lowest BCUT2D eigenvalue weighted by molar-refractivity contribution is 1.33. The summed E-state index contributed by atoms with van der Waals surface area (Å²) < 4.78 is 6.20. The summed E-state index contributed by atoms with van der Waals surface area (Å²) in [4.78, 5) is 3.57. The van der Waals surface area contributed by atoms with Gasteiger partial charge in [0.15, 0.2) is 0 Å². The van der Waals surface area contributed by atoms with E-state index in [1.807, 2.05) is 0 Å². The Labute approximate surface area is 50.5 Å². The number of nitrogens with two attached hydrogens (primary N) is 2. The third-order valence-electron chi connectivity index (χ3n) is 0.524. The molecule has 0 aromatic rings. The lowest BCUT2D eigenvalue weighted by atomic mass is 11.0. The number of nitrogens with zero attached hydrogens (tertiary/aromatic N) is 2. The van der Waals surface area contributed by atoms with E-state index in [0.29, 0.717) is 5.96 Å². The van der Waals surface area contributed by atoms with Crippen LogP contribution in [0.3, 0.4) is 0 Å². The largest absolute Gasteiger partial charge is 0.369 e. The molecular weight excluding hydrogens is 126 g/mol. The molecule has 0 fully saturated rings. The summed E-state index contributed by atoms with van der Waals surface area (Å²) in [7, 11) is 0. The summed E-state index contributed by atoms with van der Waals surface area (Å²) >= 11 is 1.07. The van der Waals surface area contributed by atoms with Gasteiger partial charge in [-0.25, -0.2) is 0 Å². The van der Waals surface area contributed by atoms with Crippen LogP contribution in [0.2, 0.25) is 0 Å². The van der Waals surface area contributed by atoms with Gasteiger partial charge in [-0.2, -0.15) is 9.39 Å². The maximum atomic E-state index is 5.18. The van der Waals surface area contributed by atoms with Crippen LogP contribution in [0, 0.1) is 0 Å². The molecule has 5 nitrogen and oxygen atoms in total. The molecule has 1 aliphatic heterocycles. The van der Waals surface area contributed by atoms with Gasteiger partial charge in [0.2, 0.25) is 11.9 Å². The van der Waals surface area contributed by atoms with Crippen LogP contribution in [-0.2, 0) is 0 Å². The molecule has 0 radical (unpaired) electrons. The predicted octanol–water partition coefficient (Wildman–Crippen LogP) is -1.22. The molecule has 0 atom stereocenters. The molecule has 5 N–H and O–H groups in total. The van der Waals surface area contributed by atoms with Gasteiger partial charge in [0.1, 0.15) is 0 Å². The summed E-state index contributed by atoms with van der Waals surface area (Å²) in [5, 5.41) is 0. The fourth-order valence-electron chi connectivity index (χ4n) is 0.283. The highest BCUT2D eigenvalue weighted by Crippen LogP contribution is 1.97. The number of guanidine groups is 2. The van der Waals surface area contributed by atoms with Crippen LogP contribution in [0.4, 0.5) is 0 Å². The molecule has 0 aromatic heterocycles.